The van der Waals surface area contributed by atoms with Gasteiger partial charge in [0.25, 0.3) is 0 Å². The molecular weight excluding hydrogens is 192 g/mol. The quantitative estimate of drug-likeness (QED) is 0.559. The Morgan fingerprint density at radius 3 is 2.29 bits per heavy atom. The van der Waals surface area contributed by atoms with Crippen LogP contribution in [0.2, 0.25) is 0 Å². The second-order valence-corrected chi connectivity index (χ2v) is 4.53. The number of hydrogen-bond donors (Lipinski definition) is 1. The van der Waals surface area contributed by atoms with E-state index in [0.29, 0.717) is 5.92 Å². The molecule has 0 aromatic heterocycles. The van der Waals surface area contributed by atoms with Crippen molar-refractivity contribution in [2.24, 2.45) is 5.92 Å². The fourth-order valence-electron chi connectivity index (χ4n) is 2.45. The van der Waals surface area contributed by atoms with E-state index in [4.69, 9.17) is 12.2 Å². The topological polar surface area (TPSA) is 20.2 Å². The van der Waals surface area contributed by atoms with Crippen molar-refractivity contribution < 1.29 is 5.11 Å². The highest BCUT2D eigenvalue weighted by Gasteiger charge is 2.19. The highest BCUT2D eigenvalue weighted by Crippen LogP contribution is 2.33. The zero-order valence-corrected chi connectivity index (χ0v) is 9.99. The molecule has 0 aromatic carbocycles. The fraction of sp³-hybridized carbons (Fsp3) is 0.750. The zero-order valence-electron chi connectivity index (χ0n) is 9.18. The summed E-state index contributed by atoms with van der Waals surface area (Å²) >= 11 is 4.83. The van der Waals surface area contributed by atoms with E-state index in [2.05, 4.69) is 6.92 Å². The van der Waals surface area contributed by atoms with Crippen LogP contribution in [0.25, 0.3) is 0 Å². The lowest BCUT2D eigenvalue weighted by Gasteiger charge is -2.25. The Hall–Kier alpha value is -0.370. The van der Waals surface area contributed by atoms with Gasteiger partial charge in [0.2, 0.25) is 0 Å². The lowest BCUT2D eigenvalue weighted by atomic mass is 9.81. The third-order valence-electron chi connectivity index (χ3n) is 3.28. The fourth-order valence-corrected chi connectivity index (χ4v) is 2.58. The minimum Gasteiger partial charge on any atom is -0.499 e. The molecule has 80 valence electrons. The zero-order chi connectivity index (χ0) is 10.6. The van der Waals surface area contributed by atoms with Gasteiger partial charge in [0.15, 0.2) is 5.05 Å². The maximum Gasteiger partial charge on any atom is 0.184 e. The predicted octanol–water partition coefficient (Wildman–Crippen LogP) is 4.18. The first-order chi connectivity index (χ1) is 6.66. The van der Waals surface area contributed by atoms with Gasteiger partial charge in [0.1, 0.15) is 0 Å². The number of allylic oxidation sites excluding steroid dienone is 1. The Balaban J connectivity index is 2.78. The molecule has 14 heavy (non-hydrogen) atoms. The van der Waals surface area contributed by atoms with Crippen LogP contribution in [0.15, 0.2) is 11.1 Å². The molecule has 0 atom stereocenters. The highest BCUT2D eigenvalue weighted by molar-refractivity contribution is 7.80. The van der Waals surface area contributed by atoms with Crippen LogP contribution in [0.4, 0.5) is 0 Å². The van der Waals surface area contributed by atoms with Crippen molar-refractivity contribution in [3.05, 3.63) is 11.1 Å². The molecular formula is C12H20OS. The SMILES string of the molecule is CCC(=C(C)C(O)=S)C1CCCCC1. The first-order valence-corrected chi connectivity index (χ1v) is 6.00. The molecule has 0 aliphatic heterocycles. The second kappa shape index (κ2) is 5.50. The minimum atomic E-state index is 0.0902. The van der Waals surface area contributed by atoms with E-state index < -0.39 is 0 Å². The molecule has 1 rings (SSSR count). The van der Waals surface area contributed by atoms with Gasteiger partial charge in [0, 0.05) is 5.57 Å². The normalized spacial score (nSPS) is 20.4. The number of rotatable bonds is 3. The van der Waals surface area contributed by atoms with Crippen molar-refractivity contribution in [3.8, 4) is 0 Å². The van der Waals surface area contributed by atoms with Crippen molar-refractivity contribution in [2.45, 2.75) is 52.4 Å². The number of aliphatic hydroxyl groups is 1. The van der Waals surface area contributed by atoms with Crippen LogP contribution in [0, 0.1) is 5.92 Å². The summed E-state index contributed by atoms with van der Waals surface area (Å²) in [7, 11) is 0. The Morgan fingerprint density at radius 1 is 1.29 bits per heavy atom. The number of aliphatic hydroxyl groups excluding tert-OH is 1. The van der Waals surface area contributed by atoms with Crippen LogP contribution in [0.1, 0.15) is 52.4 Å². The van der Waals surface area contributed by atoms with Gasteiger partial charge in [-0.15, -0.1) is 0 Å². The van der Waals surface area contributed by atoms with Crippen LogP contribution in [-0.4, -0.2) is 10.2 Å². The molecule has 0 amide bonds. The molecule has 1 N–H and O–H groups in total. The molecule has 0 aromatic rings. The van der Waals surface area contributed by atoms with Crippen molar-refractivity contribution in [1.29, 1.82) is 0 Å². The molecule has 1 nitrogen and oxygen atoms in total. The van der Waals surface area contributed by atoms with Gasteiger partial charge in [-0.05, 0) is 44.3 Å². The molecule has 0 spiro atoms. The summed E-state index contributed by atoms with van der Waals surface area (Å²) in [6.07, 6.45) is 7.62. The molecule has 1 fully saturated rings. The first-order valence-electron chi connectivity index (χ1n) is 5.59. The summed E-state index contributed by atoms with van der Waals surface area (Å²) in [5.74, 6) is 0.679. The largest absolute Gasteiger partial charge is 0.499 e. The Kier molecular flexibility index (Phi) is 4.59. The van der Waals surface area contributed by atoms with Crippen LogP contribution in [0.5, 0.6) is 0 Å². The third-order valence-corrected chi connectivity index (χ3v) is 3.59. The van der Waals surface area contributed by atoms with Crippen molar-refractivity contribution in [2.75, 3.05) is 0 Å². The predicted molar refractivity (Wildman–Crippen MR) is 64.8 cm³/mol. The van der Waals surface area contributed by atoms with E-state index in [1.54, 1.807) is 0 Å². The maximum absolute atomic E-state index is 9.33. The van der Waals surface area contributed by atoms with E-state index >= 15 is 0 Å². The summed E-state index contributed by atoms with van der Waals surface area (Å²) in [6, 6.07) is 0. The molecule has 0 heterocycles. The molecule has 1 saturated carbocycles. The molecule has 1 aliphatic rings. The van der Waals surface area contributed by atoms with Gasteiger partial charge in [0.05, 0.1) is 0 Å². The Morgan fingerprint density at radius 2 is 1.86 bits per heavy atom. The van der Waals surface area contributed by atoms with E-state index in [9.17, 15) is 5.11 Å². The third kappa shape index (κ3) is 2.81. The standard InChI is InChI=1S/C12H20OS/c1-3-11(9(2)12(13)14)10-7-5-4-6-8-10/h10H,3-8H2,1-2H3,(H,13,14). The van der Waals surface area contributed by atoms with E-state index in [-0.39, 0.29) is 5.05 Å². The average molecular weight is 212 g/mol. The molecule has 0 unspecified atom stereocenters. The van der Waals surface area contributed by atoms with Crippen molar-refractivity contribution >= 4 is 17.3 Å². The highest BCUT2D eigenvalue weighted by atomic mass is 32.1. The molecule has 0 bridgehead atoms. The molecule has 1 aliphatic carbocycles. The number of hydrogen-bond acceptors (Lipinski definition) is 1. The van der Waals surface area contributed by atoms with Crippen LogP contribution in [0.3, 0.4) is 0 Å². The van der Waals surface area contributed by atoms with Crippen LogP contribution < -0.4 is 0 Å². The molecule has 0 radical (unpaired) electrons. The van der Waals surface area contributed by atoms with Gasteiger partial charge in [-0.2, -0.15) is 0 Å². The second-order valence-electron chi connectivity index (χ2n) is 4.14. The number of thiocarbonyl (C=S) groups is 1. The smallest absolute Gasteiger partial charge is 0.184 e. The van der Waals surface area contributed by atoms with Gasteiger partial charge in [-0.1, -0.05) is 31.8 Å². The van der Waals surface area contributed by atoms with E-state index in [1.807, 2.05) is 6.92 Å². The average Bonchev–Trinajstić information content (AvgIpc) is 2.20. The summed E-state index contributed by atoms with van der Waals surface area (Å²) < 4.78 is 0. The van der Waals surface area contributed by atoms with Crippen LogP contribution in [-0.2, 0) is 0 Å². The molecule has 0 saturated heterocycles. The van der Waals surface area contributed by atoms with Crippen LogP contribution >= 0.6 is 12.2 Å². The monoisotopic (exact) mass is 212 g/mol. The van der Waals surface area contributed by atoms with Gasteiger partial charge >= 0.3 is 0 Å². The summed E-state index contributed by atoms with van der Waals surface area (Å²) in [5, 5.41) is 9.42. The summed E-state index contributed by atoms with van der Waals surface area (Å²) in [5.41, 5.74) is 2.34. The van der Waals surface area contributed by atoms with Gasteiger partial charge in [-0.25, -0.2) is 0 Å². The Labute approximate surface area is 92.2 Å². The minimum absolute atomic E-state index is 0.0902. The van der Waals surface area contributed by atoms with Crippen molar-refractivity contribution in [3.63, 3.8) is 0 Å². The van der Waals surface area contributed by atoms with Gasteiger partial charge < -0.3 is 5.11 Å². The summed E-state index contributed by atoms with van der Waals surface area (Å²) in [6.45, 7) is 4.11. The first kappa shape index (κ1) is 11.7. The summed E-state index contributed by atoms with van der Waals surface area (Å²) in [4.78, 5) is 0. The molecule has 2 heteroatoms. The lowest BCUT2D eigenvalue weighted by molar-refractivity contribution is 0.394. The maximum atomic E-state index is 9.33. The van der Waals surface area contributed by atoms with Gasteiger partial charge in [-0.3, -0.25) is 0 Å². The van der Waals surface area contributed by atoms with Crippen molar-refractivity contribution in [1.82, 2.24) is 0 Å². The van der Waals surface area contributed by atoms with E-state index in [0.717, 1.165) is 12.0 Å². The van der Waals surface area contributed by atoms with E-state index in [1.165, 1.54) is 37.7 Å². The lowest BCUT2D eigenvalue weighted by Crippen LogP contribution is -2.12. The Bertz CT molecular complexity index is 237.